The first-order chi connectivity index (χ1) is 10.1. The van der Waals surface area contributed by atoms with Crippen LogP contribution in [0.1, 0.15) is 4.88 Å². The van der Waals surface area contributed by atoms with Crippen LogP contribution in [0.15, 0.2) is 46.9 Å². The Bertz CT molecular complexity index is 794. The molecule has 0 atom stereocenters. The summed E-state index contributed by atoms with van der Waals surface area (Å²) in [4.78, 5) is 5.36. The SMILES string of the molecule is Cc1sc(-c2c(F)cccc2F)nc1-c1ccccc1Br. The highest BCUT2D eigenvalue weighted by molar-refractivity contribution is 9.10. The molecule has 1 nitrogen and oxygen atoms in total. The van der Waals surface area contributed by atoms with Crippen LogP contribution in [0.3, 0.4) is 0 Å². The van der Waals surface area contributed by atoms with Gasteiger partial charge in [0, 0.05) is 14.9 Å². The van der Waals surface area contributed by atoms with Crippen molar-refractivity contribution in [1.29, 1.82) is 0 Å². The lowest BCUT2D eigenvalue weighted by Gasteiger charge is -2.02. The third-order valence-electron chi connectivity index (χ3n) is 3.10. The Morgan fingerprint density at radius 1 is 1.00 bits per heavy atom. The number of aryl methyl sites for hydroxylation is 1. The first-order valence-corrected chi connectivity index (χ1v) is 7.85. The van der Waals surface area contributed by atoms with Gasteiger partial charge in [-0.1, -0.05) is 40.2 Å². The quantitative estimate of drug-likeness (QED) is 0.556. The minimum atomic E-state index is -0.595. The van der Waals surface area contributed by atoms with Crippen molar-refractivity contribution in [2.75, 3.05) is 0 Å². The number of benzene rings is 2. The van der Waals surface area contributed by atoms with Gasteiger partial charge in [0.05, 0.1) is 11.3 Å². The predicted molar refractivity (Wildman–Crippen MR) is 85.3 cm³/mol. The molecular weight excluding hydrogens is 356 g/mol. The van der Waals surface area contributed by atoms with Gasteiger partial charge in [0.25, 0.3) is 0 Å². The number of nitrogens with zero attached hydrogens (tertiary/aromatic N) is 1. The molecule has 1 heterocycles. The van der Waals surface area contributed by atoms with E-state index in [1.807, 2.05) is 31.2 Å². The third-order valence-corrected chi connectivity index (χ3v) is 4.78. The van der Waals surface area contributed by atoms with E-state index in [1.165, 1.54) is 29.5 Å². The number of rotatable bonds is 2. The Hall–Kier alpha value is -1.59. The summed E-state index contributed by atoms with van der Waals surface area (Å²) in [6.07, 6.45) is 0. The lowest BCUT2D eigenvalue weighted by molar-refractivity contribution is 0.589. The molecule has 0 saturated carbocycles. The fourth-order valence-electron chi connectivity index (χ4n) is 2.11. The average Bonchev–Trinajstić information content (AvgIpc) is 2.81. The lowest BCUT2D eigenvalue weighted by atomic mass is 10.1. The number of hydrogen-bond donors (Lipinski definition) is 0. The van der Waals surface area contributed by atoms with Gasteiger partial charge in [0.1, 0.15) is 16.6 Å². The minimum Gasteiger partial charge on any atom is -0.236 e. The molecule has 0 spiro atoms. The molecule has 1 aromatic heterocycles. The smallest absolute Gasteiger partial charge is 0.136 e. The second kappa shape index (κ2) is 5.66. The largest absolute Gasteiger partial charge is 0.236 e. The summed E-state index contributed by atoms with van der Waals surface area (Å²) in [5.74, 6) is -1.19. The summed E-state index contributed by atoms with van der Waals surface area (Å²) in [6.45, 7) is 1.90. The maximum atomic E-state index is 13.9. The van der Waals surface area contributed by atoms with E-state index in [2.05, 4.69) is 20.9 Å². The summed E-state index contributed by atoms with van der Waals surface area (Å²) < 4.78 is 28.7. The van der Waals surface area contributed by atoms with Crippen molar-refractivity contribution in [3.63, 3.8) is 0 Å². The zero-order chi connectivity index (χ0) is 15.0. The van der Waals surface area contributed by atoms with E-state index >= 15 is 0 Å². The first-order valence-electron chi connectivity index (χ1n) is 6.24. The van der Waals surface area contributed by atoms with Crippen LogP contribution < -0.4 is 0 Å². The van der Waals surface area contributed by atoms with E-state index in [0.29, 0.717) is 5.01 Å². The van der Waals surface area contributed by atoms with Crippen LogP contribution in [-0.4, -0.2) is 4.98 Å². The molecule has 106 valence electrons. The molecule has 0 saturated heterocycles. The number of hydrogen-bond acceptors (Lipinski definition) is 2. The molecule has 3 aromatic rings. The number of halogens is 3. The summed E-state index contributed by atoms with van der Waals surface area (Å²) in [5.41, 5.74) is 1.59. The zero-order valence-corrected chi connectivity index (χ0v) is 13.4. The van der Waals surface area contributed by atoms with Crippen LogP contribution in [0.4, 0.5) is 8.78 Å². The number of thiazole rings is 1. The fourth-order valence-corrected chi connectivity index (χ4v) is 3.56. The lowest BCUT2D eigenvalue weighted by Crippen LogP contribution is -1.89. The van der Waals surface area contributed by atoms with Gasteiger partial charge < -0.3 is 0 Å². The molecule has 0 aliphatic rings. The highest BCUT2D eigenvalue weighted by Gasteiger charge is 2.18. The zero-order valence-electron chi connectivity index (χ0n) is 11.0. The fraction of sp³-hybridized carbons (Fsp3) is 0.0625. The van der Waals surface area contributed by atoms with Crippen LogP contribution in [0, 0.1) is 18.6 Å². The molecular formula is C16H10BrF2NS. The maximum absolute atomic E-state index is 13.9. The van der Waals surface area contributed by atoms with E-state index in [-0.39, 0.29) is 5.56 Å². The molecule has 5 heteroatoms. The molecule has 2 aromatic carbocycles. The second-order valence-corrected chi connectivity index (χ2v) is 6.56. The Kier molecular flexibility index (Phi) is 3.87. The normalized spacial score (nSPS) is 10.9. The van der Waals surface area contributed by atoms with Gasteiger partial charge in [-0.25, -0.2) is 13.8 Å². The Labute approximate surface area is 133 Å². The molecule has 0 radical (unpaired) electrons. The summed E-state index contributed by atoms with van der Waals surface area (Å²) in [5, 5.41) is 0.355. The average molecular weight is 366 g/mol. The van der Waals surface area contributed by atoms with Crippen LogP contribution in [0.25, 0.3) is 21.8 Å². The molecule has 0 amide bonds. The van der Waals surface area contributed by atoms with Crippen molar-refractivity contribution in [3.8, 4) is 21.8 Å². The van der Waals surface area contributed by atoms with E-state index in [0.717, 1.165) is 20.6 Å². The maximum Gasteiger partial charge on any atom is 0.136 e. The Morgan fingerprint density at radius 3 is 2.33 bits per heavy atom. The van der Waals surface area contributed by atoms with Crippen LogP contribution in [-0.2, 0) is 0 Å². The van der Waals surface area contributed by atoms with Gasteiger partial charge in [0.2, 0.25) is 0 Å². The molecule has 0 fully saturated rings. The van der Waals surface area contributed by atoms with E-state index < -0.39 is 11.6 Å². The minimum absolute atomic E-state index is 0.0658. The first kappa shape index (κ1) is 14.4. The second-order valence-electron chi connectivity index (χ2n) is 4.50. The van der Waals surface area contributed by atoms with Crippen LogP contribution in [0.5, 0.6) is 0 Å². The summed E-state index contributed by atoms with van der Waals surface area (Å²) in [7, 11) is 0. The van der Waals surface area contributed by atoms with Gasteiger partial charge in [-0.15, -0.1) is 11.3 Å². The van der Waals surface area contributed by atoms with Crippen molar-refractivity contribution < 1.29 is 8.78 Å². The van der Waals surface area contributed by atoms with Crippen molar-refractivity contribution in [2.24, 2.45) is 0 Å². The standard InChI is InChI=1S/C16H10BrF2NS/c1-9-15(10-5-2-3-6-11(10)17)20-16(21-9)14-12(18)7-4-8-13(14)19/h2-8H,1H3. The van der Waals surface area contributed by atoms with Crippen LogP contribution >= 0.6 is 27.3 Å². The van der Waals surface area contributed by atoms with Crippen molar-refractivity contribution in [3.05, 3.63) is 63.4 Å². The van der Waals surface area contributed by atoms with E-state index in [1.54, 1.807) is 0 Å². The monoisotopic (exact) mass is 365 g/mol. The molecule has 0 aliphatic carbocycles. The Balaban J connectivity index is 2.17. The molecule has 0 unspecified atom stereocenters. The van der Waals surface area contributed by atoms with Crippen molar-refractivity contribution >= 4 is 27.3 Å². The van der Waals surface area contributed by atoms with E-state index in [4.69, 9.17) is 0 Å². The van der Waals surface area contributed by atoms with Crippen molar-refractivity contribution in [1.82, 2.24) is 4.98 Å². The molecule has 0 aliphatic heterocycles. The topological polar surface area (TPSA) is 12.9 Å². The van der Waals surface area contributed by atoms with Gasteiger partial charge >= 0.3 is 0 Å². The predicted octanol–water partition coefficient (Wildman–Crippen LogP) is 5.83. The highest BCUT2D eigenvalue weighted by atomic mass is 79.9. The van der Waals surface area contributed by atoms with Gasteiger partial charge in [-0.2, -0.15) is 0 Å². The van der Waals surface area contributed by atoms with E-state index in [9.17, 15) is 8.78 Å². The van der Waals surface area contributed by atoms with Crippen LogP contribution in [0.2, 0.25) is 0 Å². The third kappa shape index (κ3) is 2.63. The molecule has 3 rings (SSSR count). The Morgan fingerprint density at radius 2 is 1.67 bits per heavy atom. The van der Waals surface area contributed by atoms with Crippen molar-refractivity contribution in [2.45, 2.75) is 6.92 Å². The summed E-state index contributed by atoms with van der Waals surface area (Å²) >= 11 is 4.77. The highest BCUT2D eigenvalue weighted by Crippen LogP contribution is 2.37. The van der Waals surface area contributed by atoms with Gasteiger partial charge in [-0.05, 0) is 25.1 Å². The van der Waals surface area contributed by atoms with Gasteiger partial charge in [0.15, 0.2) is 0 Å². The van der Waals surface area contributed by atoms with Gasteiger partial charge in [-0.3, -0.25) is 0 Å². The molecule has 21 heavy (non-hydrogen) atoms. The number of aromatic nitrogens is 1. The summed E-state index contributed by atoms with van der Waals surface area (Å²) in [6, 6.07) is 11.5. The molecule has 0 N–H and O–H groups in total. The molecule has 0 bridgehead atoms.